The maximum absolute atomic E-state index is 12.0. The minimum Gasteiger partial charge on any atom is -0.481 e. The number of aliphatic carboxylic acids is 1. The molecule has 0 saturated carbocycles. The lowest BCUT2D eigenvalue weighted by atomic mass is 10.1. The molecule has 8 heteroatoms. The van der Waals surface area contributed by atoms with Gasteiger partial charge in [0.15, 0.2) is 0 Å². The molecule has 1 atom stereocenters. The van der Waals surface area contributed by atoms with Gasteiger partial charge in [-0.2, -0.15) is 0 Å². The van der Waals surface area contributed by atoms with Crippen LogP contribution in [0.3, 0.4) is 0 Å². The number of carboxylic acids is 1. The van der Waals surface area contributed by atoms with Gasteiger partial charge in [0.1, 0.15) is 0 Å². The van der Waals surface area contributed by atoms with Crippen molar-refractivity contribution < 1.29 is 19.5 Å². The van der Waals surface area contributed by atoms with Crippen LogP contribution in [0.25, 0.3) is 0 Å². The van der Waals surface area contributed by atoms with E-state index in [2.05, 4.69) is 0 Å². The Kier molecular flexibility index (Phi) is 5.75. The Morgan fingerprint density at radius 1 is 1.15 bits per heavy atom. The number of carbonyl (C=O) groups is 3. The molecule has 3 amide bonds. The molecule has 0 spiro atoms. The van der Waals surface area contributed by atoms with E-state index in [-0.39, 0.29) is 24.8 Å². The van der Waals surface area contributed by atoms with E-state index < -0.39 is 12.0 Å². The highest BCUT2D eigenvalue weighted by atomic mass is 16.4. The van der Waals surface area contributed by atoms with Crippen molar-refractivity contribution in [3.05, 3.63) is 0 Å². The standard InChI is InChI=1S/C12H22N4O4/c1-14(2)12(20)16-7-5-15(6-8-16)11(19)9(13)3-4-10(17)18/h9H,3-8,13H2,1-2H3,(H,17,18). The van der Waals surface area contributed by atoms with E-state index in [1.54, 1.807) is 23.9 Å². The number of hydrogen-bond donors (Lipinski definition) is 2. The van der Waals surface area contributed by atoms with Gasteiger partial charge < -0.3 is 25.5 Å². The van der Waals surface area contributed by atoms with Gasteiger partial charge in [0.25, 0.3) is 0 Å². The predicted octanol–water partition coefficient (Wildman–Crippen LogP) is -0.996. The molecule has 3 N–H and O–H groups in total. The lowest BCUT2D eigenvalue weighted by Crippen LogP contribution is -2.55. The lowest BCUT2D eigenvalue weighted by Gasteiger charge is -2.36. The fourth-order valence-electron chi connectivity index (χ4n) is 2.04. The molecule has 0 aromatic carbocycles. The van der Waals surface area contributed by atoms with E-state index in [1.807, 2.05) is 0 Å². The first-order valence-electron chi connectivity index (χ1n) is 6.55. The van der Waals surface area contributed by atoms with Crippen molar-refractivity contribution >= 4 is 17.9 Å². The van der Waals surface area contributed by atoms with E-state index in [0.717, 1.165) is 0 Å². The maximum Gasteiger partial charge on any atom is 0.319 e. The van der Waals surface area contributed by atoms with E-state index in [0.29, 0.717) is 26.2 Å². The quantitative estimate of drug-likeness (QED) is 0.689. The summed E-state index contributed by atoms with van der Waals surface area (Å²) in [6.45, 7) is 1.79. The van der Waals surface area contributed by atoms with Crippen LogP contribution in [0.2, 0.25) is 0 Å². The molecule has 1 unspecified atom stereocenters. The van der Waals surface area contributed by atoms with E-state index in [9.17, 15) is 14.4 Å². The molecule has 1 saturated heterocycles. The molecule has 114 valence electrons. The Balaban J connectivity index is 2.42. The molecular weight excluding hydrogens is 264 g/mol. The molecule has 0 aromatic heterocycles. The van der Waals surface area contributed by atoms with Crippen LogP contribution in [0.15, 0.2) is 0 Å². The third kappa shape index (κ3) is 4.37. The summed E-state index contributed by atoms with van der Waals surface area (Å²) >= 11 is 0. The summed E-state index contributed by atoms with van der Waals surface area (Å²) < 4.78 is 0. The van der Waals surface area contributed by atoms with Crippen LogP contribution in [-0.2, 0) is 9.59 Å². The molecule has 1 fully saturated rings. The zero-order chi connectivity index (χ0) is 15.3. The van der Waals surface area contributed by atoms with Crippen molar-refractivity contribution in [2.75, 3.05) is 40.3 Å². The number of nitrogens with two attached hydrogens (primary N) is 1. The van der Waals surface area contributed by atoms with E-state index in [1.165, 1.54) is 4.90 Å². The SMILES string of the molecule is CN(C)C(=O)N1CCN(C(=O)C(N)CCC(=O)O)CC1. The number of hydrogen-bond acceptors (Lipinski definition) is 4. The Morgan fingerprint density at radius 2 is 1.65 bits per heavy atom. The van der Waals surface area contributed by atoms with E-state index >= 15 is 0 Å². The topological polar surface area (TPSA) is 107 Å². The Bertz CT molecular complexity index is 378. The Hall–Kier alpha value is -1.83. The van der Waals surface area contributed by atoms with Gasteiger partial charge in [0.2, 0.25) is 5.91 Å². The van der Waals surface area contributed by atoms with Crippen LogP contribution in [0.1, 0.15) is 12.8 Å². The van der Waals surface area contributed by atoms with Crippen LogP contribution in [0.5, 0.6) is 0 Å². The predicted molar refractivity (Wildman–Crippen MR) is 72.1 cm³/mol. The zero-order valence-electron chi connectivity index (χ0n) is 11.9. The molecule has 1 aliphatic rings. The highest BCUT2D eigenvalue weighted by Crippen LogP contribution is 2.07. The first-order valence-corrected chi connectivity index (χ1v) is 6.55. The summed E-state index contributed by atoms with van der Waals surface area (Å²) in [6, 6.07) is -0.866. The van der Waals surface area contributed by atoms with Crippen LogP contribution in [0.4, 0.5) is 4.79 Å². The van der Waals surface area contributed by atoms with Gasteiger partial charge in [-0.3, -0.25) is 9.59 Å². The van der Waals surface area contributed by atoms with Crippen molar-refractivity contribution in [2.24, 2.45) is 5.73 Å². The normalized spacial score (nSPS) is 16.8. The van der Waals surface area contributed by atoms with Crippen LogP contribution < -0.4 is 5.73 Å². The third-order valence-electron chi connectivity index (χ3n) is 3.23. The van der Waals surface area contributed by atoms with Crippen LogP contribution >= 0.6 is 0 Å². The molecule has 0 aromatic rings. The smallest absolute Gasteiger partial charge is 0.319 e. The second-order valence-corrected chi connectivity index (χ2v) is 5.03. The maximum atomic E-state index is 12.0. The summed E-state index contributed by atoms with van der Waals surface area (Å²) in [5, 5.41) is 8.57. The summed E-state index contributed by atoms with van der Waals surface area (Å²) in [5.41, 5.74) is 5.70. The van der Waals surface area contributed by atoms with E-state index in [4.69, 9.17) is 10.8 Å². The lowest BCUT2D eigenvalue weighted by molar-refractivity contribution is -0.138. The number of urea groups is 1. The number of carbonyl (C=O) groups excluding carboxylic acids is 2. The monoisotopic (exact) mass is 286 g/mol. The van der Waals surface area contributed by atoms with Gasteiger partial charge in [-0.05, 0) is 6.42 Å². The highest BCUT2D eigenvalue weighted by Gasteiger charge is 2.27. The van der Waals surface area contributed by atoms with Gasteiger partial charge >= 0.3 is 12.0 Å². The fourth-order valence-corrected chi connectivity index (χ4v) is 2.04. The number of amides is 3. The first-order chi connectivity index (χ1) is 9.32. The summed E-state index contributed by atoms with van der Waals surface area (Å²) in [7, 11) is 3.36. The number of rotatable bonds is 4. The van der Waals surface area contributed by atoms with Crippen molar-refractivity contribution in [1.82, 2.24) is 14.7 Å². The number of nitrogens with zero attached hydrogens (tertiary/aromatic N) is 3. The second kappa shape index (κ2) is 7.09. The van der Waals surface area contributed by atoms with Gasteiger partial charge in [-0.15, -0.1) is 0 Å². The zero-order valence-corrected chi connectivity index (χ0v) is 11.9. The molecule has 0 radical (unpaired) electrons. The van der Waals surface area contributed by atoms with Gasteiger partial charge in [-0.1, -0.05) is 0 Å². The van der Waals surface area contributed by atoms with Crippen LogP contribution in [0, 0.1) is 0 Å². The molecule has 0 bridgehead atoms. The molecule has 1 rings (SSSR count). The summed E-state index contributed by atoms with van der Waals surface area (Å²) in [5.74, 6) is -1.21. The largest absolute Gasteiger partial charge is 0.481 e. The van der Waals surface area contributed by atoms with Gasteiger partial charge in [-0.25, -0.2) is 4.79 Å². The van der Waals surface area contributed by atoms with Crippen LogP contribution in [-0.4, -0.2) is 84.0 Å². The Labute approximate surface area is 118 Å². The van der Waals surface area contributed by atoms with Crippen molar-refractivity contribution in [1.29, 1.82) is 0 Å². The number of piperazine rings is 1. The third-order valence-corrected chi connectivity index (χ3v) is 3.23. The highest BCUT2D eigenvalue weighted by molar-refractivity contribution is 5.82. The van der Waals surface area contributed by atoms with Crippen molar-refractivity contribution in [3.63, 3.8) is 0 Å². The number of carboxylic acid groups (broad SMARTS) is 1. The average molecular weight is 286 g/mol. The molecule has 20 heavy (non-hydrogen) atoms. The van der Waals surface area contributed by atoms with Crippen molar-refractivity contribution in [3.8, 4) is 0 Å². The summed E-state index contributed by atoms with van der Waals surface area (Å²) in [6.07, 6.45) is 0.0109. The second-order valence-electron chi connectivity index (χ2n) is 5.03. The average Bonchev–Trinajstić information content (AvgIpc) is 2.43. The molecule has 1 heterocycles. The molecule has 8 nitrogen and oxygen atoms in total. The summed E-state index contributed by atoms with van der Waals surface area (Å²) in [4.78, 5) is 39.0. The minimum atomic E-state index is -0.963. The molecule has 0 aliphatic carbocycles. The fraction of sp³-hybridized carbons (Fsp3) is 0.750. The first kappa shape index (κ1) is 16.2. The molecular formula is C12H22N4O4. The minimum absolute atomic E-state index is 0.0766. The Morgan fingerprint density at radius 3 is 2.10 bits per heavy atom. The van der Waals surface area contributed by atoms with Gasteiger partial charge in [0.05, 0.1) is 6.04 Å². The van der Waals surface area contributed by atoms with Gasteiger partial charge in [0, 0.05) is 46.7 Å². The molecule has 1 aliphatic heterocycles. The van der Waals surface area contributed by atoms with Crippen molar-refractivity contribution in [2.45, 2.75) is 18.9 Å².